The van der Waals surface area contributed by atoms with Crippen LogP contribution in [0.15, 0.2) is 24.3 Å². The lowest BCUT2D eigenvalue weighted by Crippen LogP contribution is -2.34. The lowest BCUT2D eigenvalue weighted by Gasteiger charge is -2.26. The third kappa shape index (κ3) is 3.95. The number of benzene rings is 1. The highest BCUT2D eigenvalue weighted by atomic mass is 16.5. The molecule has 2 nitrogen and oxygen atoms in total. The molecule has 0 bridgehead atoms. The molecule has 90 valence electrons. The van der Waals surface area contributed by atoms with Crippen molar-refractivity contribution in [2.45, 2.75) is 26.2 Å². The van der Waals surface area contributed by atoms with Crippen molar-refractivity contribution in [1.82, 2.24) is 5.32 Å². The molecule has 0 saturated carbocycles. The second-order valence-electron chi connectivity index (χ2n) is 4.92. The van der Waals surface area contributed by atoms with Crippen LogP contribution in [0.5, 0.6) is 0 Å². The van der Waals surface area contributed by atoms with Crippen LogP contribution in [0, 0.1) is 6.92 Å². The van der Waals surface area contributed by atoms with Crippen molar-refractivity contribution in [3.63, 3.8) is 0 Å². The molecule has 0 aliphatic heterocycles. The van der Waals surface area contributed by atoms with Gasteiger partial charge >= 0.3 is 0 Å². The number of rotatable bonds is 6. The summed E-state index contributed by atoms with van der Waals surface area (Å²) in [4.78, 5) is 0. The molecule has 2 heteroatoms. The smallest absolute Gasteiger partial charge is 0.0587 e. The second-order valence-corrected chi connectivity index (χ2v) is 4.92. The molecule has 0 aliphatic rings. The summed E-state index contributed by atoms with van der Waals surface area (Å²) in [6.07, 6.45) is 0. The van der Waals surface area contributed by atoms with E-state index < -0.39 is 0 Å². The summed E-state index contributed by atoms with van der Waals surface area (Å²) in [5.74, 6) is 0. The maximum absolute atomic E-state index is 5.02. The average Bonchev–Trinajstić information content (AvgIpc) is 2.24. The quantitative estimate of drug-likeness (QED) is 0.745. The van der Waals surface area contributed by atoms with E-state index in [0.29, 0.717) is 0 Å². The standard InChI is InChI=1S/C14H23NO/c1-12-6-5-7-13(10-12)14(2,3)11-15-8-9-16-4/h5-7,10,15H,8-9,11H2,1-4H3. The van der Waals surface area contributed by atoms with Gasteiger partial charge in [0, 0.05) is 25.6 Å². The van der Waals surface area contributed by atoms with Crippen molar-refractivity contribution in [1.29, 1.82) is 0 Å². The topological polar surface area (TPSA) is 21.3 Å². The van der Waals surface area contributed by atoms with Crippen molar-refractivity contribution >= 4 is 0 Å². The lowest BCUT2D eigenvalue weighted by molar-refractivity contribution is 0.197. The Bertz CT molecular complexity index is 320. The van der Waals surface area contributed by atoms with Crippen molar-refractivity contribution < 1.29 is 4.74 Å². The molecule has 0 amide bonds. The fraction of sp³-hybridized carbons (Fsp3) is 0.571. The van der Waals surface area contributed by atoms with E-state index in [1.807, 2.05) is 0 Å². The Morgan fingerprint density at radius 1 is 1.31 bits per heavy atom. The van der Waals surface area contributed by atoms with Gasteiger partial charge < -0.3 is 10.1 Å². The van der Waals surface area contributed by atoms with E-state index in [1.165, 1.54) is 11.1 Å². The fourth-order valence-electron chi connectivity index (χ4n) is 1.74. The molecule has 1 rings (SSSR count). The third-order valence-electron chi connectivity index (χ3n) is 2.85. The summed E-state index contributed by atoms with van der Waals surface area (Å²) in [5, 5.41) is 3.42. The first kappa shape index (κ1) is 13.2. The van der Waals surface area contributed by atoms with Gasteiger partial charge in [-0.2, -0.15) is 0 Å². The molecule has 0 spiro atoms. The first-order chi connectivity index (χ1) is 7.56. The lowest BCUT2D eigenvalue weighted by atomic mass is 9.84. The zero-order valence-corrected chi connectivity index (χ0v) is 10.8. The van der Waals surface area contributed by atoms with Gasteiger partial charge in [0.1, 0.15) is 0 Å². The molecule has 0 unspecified atom stereocenters. The number of hydrogen-bond acceptors (Lipinski definition) is 2. The van der Waals surface area contributed by atoms with E-state index in [-0.39, 0.29) is 5.41 Å². The molecule has 0 saturated heterocycles. The molecule has 0 heterocycles. The Kier molecular flexibility index (Phi) is 4.97. The zero-order valence-electron chi connectivity index (χ0n) is 10.8. The largest absolute Gasteiger partial charge is 0.383 e. The summed E-state index contributed by atoms with van der Waals surface area (Å²) in [5.41, 5.74) is 2.87. The molecule has 0 aromatic heterocycles. The van der Waals surface area contributed by atoms with Gasteiger partial charge in [-0.25, -0.2) is 0 Å². The fourth-order valence-corrected chi connectivity index (χ4v) is 1.74. The van der Waals surface area contributed by atoms with Gasteiger partial charge in [-0.05, 0) is 12.5 Å². The van der Waals surface area contributed by atoms with E-state index in [9.17, 15) is 0 Å². The molecule has 1 N–H and O–H groups in total. The summed E-state index contributed by atoms with van der Waals surface area (Å²) >= 11 is 0. The highest BCUT2D eigenvalue weighted by molar-refractivity contribution is 5.28. The van der Waals surface area contributed by atoms with Crippen molar-refractivity contribution in [2.24, 2.45) is 0 Å². The summed E-state index contributed by atoms with van der Waals surface area (Å²) < 4.78 is 5.02. The van der Waals surface area contributed by atoms with Crippen molar-refractivity contribution in [2.75, 3.05) is 26.8 Å². The van der Waals surface area contributed by atoms with Crippen LogP contribution in [0.25, 0.3) is 0 Å². The molecule has 1 aromatic rings. The first-order valence-corrected chi connectivity index (χ1v) is 5.83. The Labute approximate surface area is 99.0 Å². The SMILES string of the molecule is COCCNCC(C)(C)c1cccc(C)c1. The van der Waals surface area contributed by atoms with Crippen LogP contribution in [-0.2, 0) is 10.2 Å². The van der Waals surface area contributed by atoms with E-state index in [0.717, 1.165) is 19.7 Å². The van der Waals surface area contributed by atoms with Gasteiger partial charge in [0.15, 0.2) is 0 Å². The second kappa shape index (κ2) is 6.02. The Morgan fingerprint density at radius 2 is 2.06 bits per heavy atom. The average molecular weight is 221 g/mol. The van der Waals surface area contributed by atoms with E-state index in [1.54, 1.807) is 7.11 Å². The zero-order chi connectivity index (χ0) is 12.0. The number of aryl methyl sites for hydroxylation is 1. The molecule has 0 radical (unpaired) electrons. The van der Waals surface area contributed by atoms with Crippen LogP contribution in [0.1, 0.15) is 25.0 Å². The van der Waals surface area contributed by atoms with Crippen molar-refractivity contribution in [3.8, 4) is 0 Å². The van der Waals surface area contributed by atoms with Gasteiger partial charge in [0.05, 0.1) is 6.61 Å². The van der Waals surface area contributed by atoms with Gasteiger partial charge in [-0.1, -0.05) is 43.7 Å². The predicted molar refractivity (Wildman–Crippen MR) is 69.0 cm³/mol. The highest BCUT2D eigenvalue weighted by Gasteiger charge is 2.19. The van der Waals surface area contributed by atoms with E-state index in [2.05, 4.69) is 50.4 Å². The van der Waals surface area contributed by atoms with Crippen molar-refractivity contribution in [3.05, 3.63) is 35.4 Å². The monoisotopic (exact) mass is 221 g/mol. The third-order valence-corrected chi connectivity index (χ3v) is 2.85. The minimum absolute atomic E-state index is 0.166. The molecule has 0 aliphatic carbocycles. The van der Waals surface area contributed by atoms with Crippen LogP contribution in [0.2, 0.25) is 0 Å². The number of hydrogen-bond donors (Lipinski definition) is 1. The highest BCUT2D eigenvalue weighted by Crippen LogP contribution is 2.22. The van der Waals surface area contributed by atoms with Gasteiger partial charge in [0.25, 0.3) is 0 Å². The Morgan fingerprint density at radius 3 is 2.69 bits per heavy atom. The first-order valence-electron chi connectivity index (χ1n) is 5.83. The minimum atomic E-state index is 0.166. The molecular formula is C14H23NO. The molecule has 16 heavy (non-hydrogen) atoms. The number of methoxy groups -OCH3 is 1. The van der Waals surface area contributed by atoms with E-state index in [4.69, 9.17) is 4.74 Å². The number of ether oxygens (including phenoxy) is 1. The minimum Gasteiger partial charge on any atom is -0.383 e. The summed E-state index contributed by atoms with van der Waals surface area (Å²) in [6.45, 7) is 9.32. The summed E-state index contributed by atoms with van der Waals surface area (Å²) in [6, 6.07) is 8.72. The van der Waals surface area contributed by atoms with Gasteiger partial charge in [0.2, 0.25) is 0 Å². The predicted octanol–water partition coefficient (Wildman–Crippen LogP) is 2.51. The van der Waals surface area contributed by atoms with Crippen LogP contribution >= 0.6 is 0 Å². The number of nitrogens with one attached hydrogen (secondary N) is 1. The molecular weight excluding hydrogens is 198 g/mol. The van der Waals surface area contributed by atoms with Crippen LogP contribution < -0.4 is 5.32 Å². The maximum atomic E-state index is 5.02. The van der Waals surface area contributed by atoms with Crippen LogP contribution in [-0.4, -0.2) is 26.8 Å². The molecule has 1 aromatic carbocycles. The normalized spacial score (nSPS) is 11.8. The van der Waals surface area contributed by atoms with E-state index >= 15 is 0 Å². The molecule has 0 fully saturated rings. The van der Waals surface area contributed by atoms with Crippen LogP contribution in [0.4, 0.5) is 0 Å². The Hall–Kier alpha value is -0.860. The Balaban J connectivity index is 2.55. The van der Waals surface area contributed by atoms with Gasteiger partial charge in [-0.15, -0.1) is 0 Å². The van der Waals surface area contributed by atoms with Crippen LogP contribution in [0.3, 0.4) is 0 Å². The van der Waals surface area contributed by atoms with Gasteiger partial charge in [-0.3, -0.25) is 0 Å². The maximum Gasteiger partial charge on any atom is 0.0587 e. The molecule has 0 atom stereocenters. The summed E-state index contributed by atoms with van der Waals surface area (Å²) in [7, 11) is 1.73.